The van der Waals surface area contributed by atoms with E-state index in [9.17, 15) is 0 Å². The van der Waals surface area contributed by atoms with Crippen LogP contribution in [0.15, 0.2) is 6.33 Å². The van der Waals surface area contributed by atoms with Crippen LogP contribution in [0.5, 0.6) is 0 Å². The highest BCUT2D eigenvalue weighted by Gasteiger charge is 2.41. The summed E-state index contributed by atoms with van der Waals surface area (Å²) in [7, 11) is 1.82. The number of methoxy groups -OCH3 is 1. The molecule has 0 spiro atoms. The van der Waals surface area contributed by atoms with Crippen LogP contribution in [0.3, 0.4) is 0 Å². The van der Waals surface area contributed by atoms with Crippen LogP contribution in [0.4, 0.5) is 5.82 Å². The Labute approximate surface area is 152 Å². The van der Waals surface area contributed by atoms with E-state index >= 15 is 0 Å². The minimum atomic E-state index is 0.197. The van der Waals surface area contributed by atoms with Gasteiger partial charge in [0.1, 0.15) is 5.52 Å². The fraction of sp³-hybridized carbons (Fsp3) is 0.706. The molecule has 0 radical (unpaired) electrons. The lowest BCUT2D eigenvalue weighted by Crippen LogP contribution is -2.55. The molecule has 1 saturated carbocycles. The van der Waals surface area contributed by atoms with Crippen LogP contribution in [-0.2, 0) is 4.74 Å². The lowest BCUT2D eigenvalue weighted by molar-refractivity contribution is 0.00112. The Bertz CT molecular complexity index is 721. The molecular formula is C17H25ClN6O. The second kappa shape index (κ2) is 7.05. The Balaban J connectivity index is 1.51. The van der Waals surface area contributed by atoms with Gasteiger partial charge in [-0.15, -0.1) is 0 Å². The molecule has 0 amide bonds. The van der Waals surface area contributed by atoms with Crippen LogP contribution in [0.1, 0.15) is 38.5 Å². The average molecular weight is 365 g/mol. The Kier molecular flexibility index (Phi) is 4.80. The normalized spacial score (nSPS) is 21.8. The molecule has 2 fully saturated rings. The van der Waals surface area contributed by atoms with E-state index in [2.05, 4.69) is 30.2 Å². The van der Waals surface area contributed by atoms with Gasteiger partial charge < -0.3 is 15.0 Å². The third-order valence-corrected chi connectivity index (χ3v) is 5.99. The number of nitrogens with zero attached hydrogens (tertiary/aromatic N) is 4. The second-order valence-electron chi connectivity index (χ2n) is 7.15. The first-order valence-electron chi connectivity index (χ1n) is 9.08. The molecular weight excluding hydrogens is 340 g/mol. The molecule has 8 heteroatoms. The predicted octanol–water partition coefficient (Wildman–Crippen LogP) is 2.84. The molecule has 136 valence electrons. The number of aromatic amines is 1. The van der Waals surface area contributed by atoms with Crippen molar-refractivity contribution in [2.24, 2.45) is 0 Å². The first-order chi connectivity index (χ1) is 12.2. The number of H-pyrrole nitrogens is 1. The van der Waals surface area contributed by atoms with Crippen LogP contribution in [0.25, 0.3) is 11.2 Å². The zero-order valence-corrected chi connectivity index (χ0v) is 15.3. The highest BCUT2D eigenvalue weighted by molar-refractivity contribution is 6.28. The van der Waals surface area contributed by atoms with Crippen LogP contribution < -0.4 is 5.32 Å². The number of ether oxygens (including phenoxy) is 1. The van der Waals surface area contributed by atoms with E-state index in [1.165, 1.54) is 25.7 Å². The number of likely N-dealkylation sites (tertiary alicyclic amines) is 1. The summed E-state index contributed by atoms with van der Waals surface area (Å²) in [6, 6.07) is 0. The molecule has 2 N–H and O–H groups in total. The number of rotatable bonds is 5. The summed E-state index contributed by atoms with van der Waals surface area (Å²) < 4.78 is 5.53. The highest BCUT2D eigenvalue weighted by atomic mass is 35.5. The maximum Gasteiger partial charge on any atom is 0.226 e. The third kappa shape index (κ3) is 3.32. The number of piperidine rings is 1. The zero-order chi connectivity index (χ0) is 17.3. The number of halogens is 1. The summed E-state index contributed by atoms with van der Waals surface area (Å²) in [6.07, 6.45) is 9.29. The van der Waals surface area contributed by atoms with Crippen LogP contribution in [-0.4, -0.2) is 63.2 Å². The maximum atomic E-state index is 6.05. The van der Waals surface area contributed by atoms with Gasteiger partial charge in [-0.25, -0.2) is 4.98 Å². The lowest BCUT2D eigenvalue weighted by Gasteiger charge is -2.45. The fourth-order valence-electron chi connectivity index (χ4n) is 4.39. The molecule has 2 aliphatic rings. The van der Waals surface area contributed by atoms with Gasteiger partial charge in [0, 0.05) is 32.3 Å². The van der Waals surface area contributed by atoms with Crippen molar-refractivity contribution >= 4 is 28.6 Å². The summed E-state index contributed by atoms with van der Waals surface area (Å²) in [6.45, 7) is 3.07. The molecule has 25 heavy (non-hydrogen) atoms. The number of aromatic nitrogens is 4. The van der Waals surface area contributed by atoms with Gasteiger partial charge in [0.15, 0.2) is 11.5 Å². The molecule has 1 aliphatic heterocycles. The molecule has 2 aromatic heterocycles. The van der Waals surface area contributed by atoms with Gasteiger partial charge in [0.2, 0.25) is 5.28 Å². The highest BCUT2D eigenvalue weighted by Crippen LogP contribution is 2.37. The van der Waals surface area contributed by atoms with Crippen molar-refractivity contribution in [3.8, 4) is 0 Å². The molecule has 0 bridgehead atoms. The molecule has 4 rings (SSSR count). The van der Waals surface area contributed by atoms with Crippen molar-refractivity contribution in [2.75, 3.05) is 32.1 Å². The van der Waals surface area contributed by atoms with E-state index in [4.69, 9.17) is 16.3 Å². The first-order valence-corrected chi connectivity index (χ1v) is 9.46. The molecule has 0 aromatic carbocycles. The number of nitrogens with one attached hydrogen (secondary N) is 2. The number of hydrogen-bond acceptors (Lipinski definition) is 6. The van der Waals surface area contributed by atoms with Crippen LogP contribution in [0.2, 0.25) is 5.28 Å². The molecule has 1 saturated heterocycles. The van der Waals surface area contributed by atoms with Gasteiger partial charge in [-0.1, -0.05) is 12.8 Å². The van der Waals surface area contributed by atoms with Crippen molar-refractivity contribution in [2.45, 2.75) is 50.2 Å². The monoisotopic (exact) mass is 364 g/mol. The van der Waals surface area contributed by atoms with E-state index < -0.39 is 0 Å². The van der Waals surface area contributed by atoms with Gasteiger partial charge in [-0.3, -0.25) is 4.90 Å². The van der Waals surface area contributed by atoms with Crippen molar-refractivity contribution in [3.05, 3.63) is 11.6 Å². The van der Waals surface area contributed by atoms with Gasteiger partial charge >= 0.3 is 0 Å². The Morgan fingerprint density at radius 3 is 2.80 bits per heavy atom. The van der Waals surface area contributed by atoms with Crippen molar-refractivity contribution in [1.29, 1.82) is 0 Å². The average Bonchev–Trinajstić information content (AvgIpc) is 3.29. The summed E-state index contributed by atoms with van der Waals surface area (Å²) in [5.41, 5.74) is 1.61. The van der Waals surface area contributed by atoms with E-state index in [0.29, 0.717) is 11.8 Å². The largest absolute Gasteiger partial charge is 0.381 e. The summed E-state index contributed by atoms with van der Waals surface area (Å²) in [4.78, 5) is 18.5. The number of anilines is 1. The number of fused-ring (bicyclic) bond motifs is 1. The Hall–Kier alpha value is -1.44. The topological polar surface area (TPSA) is 79.0 Å². The smallest absolute Gasteiger partial charge is 0.226 e. The molecule has 0 unspecified atom stereocenters. The SMILES string of the molecule is COC1CCN(C2(CNc3nc(Cl)nc4nc[nH]c34)CCCC2)CC1. The molecule has 1 aliphatic carbocycles. The van der Waals surface area contributed by atoms with Gasteiger partial charge in [-0.2, -0.15) is 9.97 Å². The van der Waals surface area contributed by atoms with Crippen molar-refractivity contribution < 1.29 is 4.74 Å². The molecule has 7 nitrogen and oxygen atoms in total. The quantitative estimate of drug-likeness (QED) is 0.794. The van der Waals surface area contributed by atoms with Crippen LogP contribution in [0, 0.1) is 0 Å². The van der Waals surface area contributed by atoms with Gasteiger partial charge in [-0.05, 0) is 37.3 Å². The second-order valence-corrected chi connectivity index (χ2v) is 7.49. The van der Waals surface area contributed by atoms with Gasteiger partial charge in [0.25, 0.3) is 0 Å². The Morgan fingerprint density at radius 1 is 1.32 bits per heavy atom. The van der Waals surface area contributed by atoms with E-state index in [-0.39, 0.29) is 10.8 Å². The predicted molar refractivity (Wildman–Crippen MR) is 98.0 cm³/mol. The Morgan fingerprint density at radius 2 is 2.08 bits per heavy atom. The van der Waals surface area contributed by atoms with Crippen molar-refractivity contribution in [1.82, 2.24) is 24.8 Å². The lowest BCUT2D eigenvalue weighted by atomic mass is 9.91. The summed E-state index contributed by atoms with van der Waals surface area (Å²) in [5, 5.41) is 3.77. The molecule has 0 atom stereocenters. The zero-order valence-electron chi connectivity index (χ0n) is 14.6. The minimum Gasteiger partial charge on any atom is -0.381 e. The van der Waals surface area contributed by atoms with E-state index in [1.807, 2.05) is 7.11 Å². The van der Waals surface area contributed by atoms with Crippen molar-refractivity contribution in [3.63, 3.8) is 0 Å². The summed E-state index contributed by atoms with van der Waals surface area (Å²) in [5.74, 6) is 0.741. The number of hydrogen-bond donors (Lipinski definition) is 2. The standard InChI is InChI=1S/C17H25ClN6O/c1-25-12-4-8-24(9-5-12)17(6-2-3-7-17)10-19-14-13-15(21-11-20-13)23-16(18)22-14/h11-12H,2-10H2,1H3,(H2,19,20,21,22,23). The number of imidazole rings is 1. The molecule has 3 heterocycles. The first kappa shape index (κ1) is 17.0. The van der Waals surface area contributed by atoms with Crippen LogP contribution >= 0.6 is 11.6 Å². The molecule has 2 aromatic rings. The van der Waals surface area contributed by atoms with E-state index in [0.717, 1.165) is 43.8 Å². The summed E-state index contributed by atoms with van der Waals surface area (Å²) >= 11 is 6.05. The maximum absolute atomic E-state index is 6.05. The minimum absolute atomic E-state index is 0.197. The van der Waals surface area contributed by atoms with E-state index in [1.54, 1.807) is 6.33 Å². The third-order valence-electron chi connectivity index (χ3n) is 5.82. The fourth-order valence-corrected chi connectivity index (χ4v) is 4.55. The van der Waals surface area contributed by atoms with Gasteiger partial charge in [0.05, 0.1) is 12.4 Å².